The van der Waals surface area contributed by atoms with Crippen LogP contribution in [0.5, 0.6) is 0 Å². The van der Waals surface area contributed by atoms with Crippen LogP contribution in [-0.2, 0) is 11.2 Å². The first kappa shape index (κ1) is 16.4. The number of benzene rings is 1. The quantitative estimate of drug-likeness (QED) is 0.571. The molecule has 3 rings (SSSR count). The fourth-order valence-electron chi connectivity index (χ4n) is 2.64. The van der Waals surface area contributed by atoms with Gasteiger partial charge in [0, 0.05) is 17.8 Å². The van der Waals surface area contributed by atoms with Crippen molar-refractivity contribution >= 4 is 28.7 Å². The molecule has 2 aromatic heterocycles. The highest BCUT2D eigenvalue weighted by atomic mass is 32.2. The third kappa shape index (κ3) is 3.41. The minimum Gasteiger partial charge on any atom is -0.273 e. The number of hydrogen-bond donors (Lipinski definition) is 1. The predicted molar refractivity (Wildman–Crippen MR) is 95.7 cm³/mol. The number of carbonyl (C=O) groups excluding carboxylic acids is 1. The predicted octanol–water partition coefficient (Wildman–Crippen LogP) is 2.87. The van der Waals surface area contributed by atoms with Crippen LogP contribution in [0.25, 0.3) is 11.0 Å². The number of rotatable bonds is 5. The Labute approximate surface area is 144 Å². The molecule has 0 radical (unpaired) electrons. The van der Waals surface area contributed by atoms with Gasteiger partial charge in [-0.3, -0.25) is 10.2 Å². The van der Waals surface area contributed by atoms with E-state index in [2.05, 4.69) is 20.4 Å². The molecule has 6 nitrogen and oxygen atoms in total. The third-order valence-electron chi connectivity index (χ3n) is 3.88. The zero-order valence-corrected chi connectivity index (χ0v) is 14.7. The van der Waals surface area contributed by atoms with Gasteiger partial charge in [0.2, 0.25) is 5.91 Å². The van der Waals surface area contributed by atoms with Crippen LogP contribution in [-0.4, -0.2) is 31.8 Å². The zero-order valence-electron chi connectivity index (χ0n) is 13.9. The number of amides is 1. The third-order valence-corrected chi connectivity index (χ3v) is 4.43. The Morgan fingerprint density at radius 2 is 1.92 bits per heavy atom. The van der Waals surface area contributed by atoms with E-state index in [9.17, 15) is 4.79 Å². The van der Waals surface area contributed by atoms with Crippen molar-refractivity contribution in [2.75, 3.05) is 11.7 Å². The van der Waals surface area contributed by atoms with E-state index in [1.807, 2.05) is 44.4 Å². The highest BCUT2D eigenvalue weighted by Crippen LogP contribution is 2.17. The van der Waals surface area contributed by atoms with Crippen LogP contribution in [0.2, 0.25) is 0 Å². The summed E-state index contributed by atoms with van der Waals surface area (Å²) in [5, 5.41) is 0.767. The number of aryl methyl sites for hydroxylation is 2. The lowest BCUT2D eigenvalue weighted by Gasteiger charge is -2.11. The van der Waals surface area contributed by atoms with E-state index in [1.54, 1.807) is 11.0 Å². The molecule has 7 heteroatoms. The second-order valence-electron chi connectivity index (χ2n) is 5.50. The van der Waals surface area contributed by atoms with Gasteiger partial charge in [0.1, 0.15) is 6.33 Å². The van der Waals surface area contributed by atoms with Gasteiger partial charge in [0.15, 0.2) is 5.16 Å². The minimum absolute atomic E-state index is 0.0640. The summed E-state index contributed by atoms with van der Waals surface area (Å²) in [4.78, 5) is 25.4. The lowest BCUT2D eigenvalue weighted by atomic mass is 10.1. The molecule has 2 heterocycles. The second kappa shape index (κ2) is 7.00. The van der Waals surface area contributed by atoms with Crippen molar-refractivity contribution in [3.8, 4) is 0 Å². The molecule has 0 aliphatic carbocycles. The summed E-state index contributed by atoms with van der Waals surface area (Å²) < 4.78 is 1.66. The van der Waals surface area contributed by atoms with Gasteiger partial charge in [-0.05, 0) is 44.2 Å². The lowest BCUT2D eigenvalue weighted by molar-refractivity contribution is -0.117. The van der Waals surface area contributed by atoms with E-state index in [4.69, 9.17) is 0 Å². The van der Waals surface area contributed by atoms with Crippen molar-refractivity contribution < 1.29 is 4.79 Å². The van der Waals surface area contributed by atoms with Crippen molar-refractivity contribution in [2.24, 2.45) is 0 Å². The van der Waals surface area contributed by atoms with Crippen LogP contribution < -0.4 is 5.43 Å². The van der Waals surface area contributed by atoms with Crippen LogP contribution >= 0.6 is 11.8 Å². The Balaban J connectivity index is 1.68. The summed E-state index contributed by atoms with van der Waals surface area (Å²) in [7, 11) is 0. The van der Waals surface area contributed by atoms with E-state index in [-0.39, 0.29) is 5.91 Å². The Hall–Kier alpha value is -2.41. The maximum atomic E-state index is 12.3. The molecule has 0 aliphatic rings. The van der Waals surface area contributed by atoms with Gasteiger partial charge in [0.05, 0.1) is 11.0 Å². The fraction of sp³-hybridized carbons (Fsp3) is 0.294. The van der Waals surface area contributed by atoms with Crippen LogP contribution in [0.15, 0.2) is 35.7 Å². The summed E-state index contributed by atoms with van der Waals surface area (Å²) in [5.74, 6) is -0.0640. The van der Waals surface area contributed by atoms with Gasteiger partial charge in [-0.2, -0.15) is 0 Å². The van der Waals surface area contributed by atoms with E-state index in [1.165, 1.54) is 11.8 Å². The molecular formula is C17H19N5OS. The lowest BCUT2D eigenvalue weighted by Crippen LogP contribution is -2.22. The molecule has 0 saturated carbocycles. The molecule has 0 aliphatic heterocycles. The number of nitrogens with zero attached hydrogens (tertiary/aromatic N) is 4. The molecule has 0 bridgehead atoms. The number of hydrogen-bond acceptors (Lipinski definition) is 5. The van der Waals surface area contributed by atoms with Crippen molar-refractivity contribution in [1.29, 1.82) is 0 Å². The van der Waals surface area contributed by atoms with Crippen molar-refractivity contribution in [1.82, 2.24) is 19.6 Å². The zero-order chi connectivity index (χ0) is 17.1. The number of fused-ring (bicyclic) bond motifs is 1. The molecule has 0 unspecified atom stereocenters. The van der Waals surface area contributed by atoms with Crippen molar-refractivity contribution in [2.45, 2.75) is 31.8 Å². The topological polar surface area (TPSA) is 72.7 Å². The highest BCUT2D eigenvalue weighted by Gasteiger charge is 2.11. The molecular weight excluding hydrogens is 322 g/mol. The molecule has 124 valence electrons. The van der Waals surface area contributed by atoms with Crippen LogP contribution in [0.4, 0.5) is 0 Å². The van der Waals surface area contributed by atoms with Gasteiger partial charge in [0.25, 0.3) is 0 Å². The van der Waals surface area contributed by atoms with Crippen LogP contribution in [0, 0.1) is 13.8 Å². The molecule has 1 N–H and O–H groups in total. The first-order chi connectivity index (χ1) is 11.6. The number of imidazole rings is 1. The van der Waals surface area contributed by atoms with E-state index < -0.39 is 0 Å². The average Bonchev–Trinajstić information content (AvgIpc) is 2.97. The molecule has 0 fully saturated rings. The van der Waals surface area contributed by atoms with Gasteiger partial charge in [-0.1, -0.05) is 23.9 Å². The van der Waals surface area contributed by atoms with E-state index in [0.29, 0.717) is 12.8 Å². The average molecular weight is 341 g/mol. The number of thioether (sulfide) groups is 1. The number of aromatic nitrogens is 4. The minimum atomic E-state index is -0.0640. The summed E-state index contributed by atoms with van der Waals surface area (Å²) in [6.45, 7) is 3.93. The summed E-state index contributed by atoms with van der Waals surface area (Å²) in [5.41, 5.74) is 7.52. The SMILES string of the molecule is CSc1nc(C)c(CCC(=O)Nn2cnc3ccccc32)c(C)n1. The largest absolute Gasteiger partial charge is 0.273 e. The Morgan fingerprint density at radius 1 is 1.21 bits per heavy atom. The van der Waals surface area contributed by atoms with Crippen LogP contribution in [0.3, 0.4) is 0 Å². The maximum absolute atomic E-state index is 12.3. The smallest absolute Gasteiger partial charge is 0.239 e. The monoisotopic (exact) mass is 341 g/mol. The van der Waals surface area contributed by atoms with E-state index in [0.717, 1.165) is 33.1 Å². The number of para-hydroxylation sites is 2. The Bertz CT molecular complexity index is 867. The van der Waals surface area contributed by atoms with Gasteiger partial charge < -0.3 is 0 Å². The van der Waals surface area contributed by atoms with Crippen molar-refractivity contribution in [3.05, 3.63) is 47.5 Å². The molecule has 0 saturated heterocycles. The molecule has 1 amide bonds. The van der Waals surface area contributed by atoms with Crippen LogP contribution in [0.1, 0.15) is 23.4 Å². The fourth-order valence-corrected chi connectivity index (χ4v) is 3.10. The van der Waals surface area contributed by atoms with Crippen molar-refractivity contribution in [3.63, 3.8) is 0 Å². The first-order valence-corrected chi connectivity index (χ1v) is 8.91. The van der Waals surface area contributed by atoms with Gasteiger partial charge >= 0.3 is 0 Å². The van der Waals surface area contributed by atoms with Gasteiger partial charge in [-0.15, -0.1) is 0 Å². The summed E-state index contributed by atoms with van der Waals surface area (Å²) >= 11 is 1.52. The molecule has 24 heavy (non-hydrogen) atoms. The molecule has 0 spiro atoms. The summed E-state index contributed by atoms with van der Waals surface area (Å²) in [6, 6.07) is 7.68. The highest BCUT2D eigenvalue weighted by molar-refractivity contribution is 7.98. The van der Waals surface area contributed by atoms with Gasteiger partial charge in [-0.25, -0.2) is 19.6 Å². The summed E-state index contributed by atoms with van der Waals surface area (Å²) in [6.07, 6.45) is 4.56. The maximum Gasteiger partial charge on any atom is 0.239 e. The molecule has 3 aromatic rings. The standard InChI is InChI=1S/C17H19N5OS/c1-11-13(12(2)20-17(19-11)24-3)8-9-16(23)21-22-10-18-14-6-4-5-7-15(14)22/h4-7,10H,8-9H2,1-3H3,(H,21,23). The Kier molecular flexibility index (Phi) is 4.80. The molecule has 0 atom stereocenters. The normalized spacial score (nSPS) is 11.0. The number of nitrogens with one attached hydrogen (secondary N) is 1. The van der Waals surface area contributed by atoms with E-state index >= 15 is 0 Å². The Morgan fingerprint density at radius 3 is 2.62 bits per heavy atom. The first-order valence-electron chi connectivity index (χ1n) is 7.68. The second-order valence-corrected chi connectivity index (χ2v) is 6.27. The number of carbonyl (C=O) groups is 1. The molecule has 1 aromatic carbocycles.